The summed E-state index contributed by atoms with van der Waals surface area (Å²) in [5, 5.41) is 11.8. The highest BCUT2D eigenvalue weighted by Crippen LogP contribution is 2.22. The van der Waals surface area contributed by atoms with Gasteiger partial charge in [0.25, 0.3) is 5.91 Å². The molecule has 2 aromatic carbocycles. The molecule has 0 saturated heterocycles. The molecule has 7 heteroatoms. The van der Waals surface area contributed by atoms with E-state index in [0.717, 1.165) is 4.90 Å². The predicted octanol–water partition coefficient (Wildman–Crippen LogP) is 3.65. The van der Waals surface area contributed by atoms with Crippen LogP contribution in [0, 0.1) is 5.82 Å². The van der Waals surface area contributed by atoms with E-state index in [2.05, 4.69) is 5.32 Å². The lowest BCUT2D eigenvalue weighted by Gasteiger charge is -2.21. The molecule has 26 heavy (non-hydrogen) atoms. The summed E-state index contributed by atoms with van der Waals surface area (Å²) >= 11 is 1.57. The van der Waals surface area contributed by atoms with Crippen molar-refractivity contribution in [1.29, 1.82) is 0 Å². The number of ether oxygens (including phenoxy) is 1. The summed E-state index contributed by atoms with van der Waals surface area (Å²) in [6.07, 6.45) is 0.784. The van der Waals surface area contributed by atoms with Crippen LogP contribution >= 0.6 is 11.8 Å². The number of aliphatic carboxylic acids is 1. The lowest BCUT2D eigenvalue weighted by molar-refractivity contribution is -0.138. The topological polar surface area (TPSA) is 75.6 Å². The molecule has 0 saturated carbocycles. The smallest absolute Gasteiger partial charge is 0.305 e. The van der Waals surface area contributed by atoms with Gasteiger partial charge in [-0.25, -0.2) is 4.39 Å². The van der Waals surface area contributed by atoms with Crippen LogP contribution in [0.2, 0.25) is 0 Å². The Morgan fingerprint density at radius 3 is 2.50 bits per heavy atom. The third-order valence-electron chi connectivity index (χ3n) is 3.69. The SMILES string of the molecule is CSc1ccc(C(CC(=O)O)NC(=O)C(C)Oc2cccc(F)c2)cc1. The van der Waals surface area contributed by atoms with Gasteiger partial charge in [-0.3, -0.25) is 9.59 Å². The minimum absolute atomic E-state index is 0.228. The Balaban J connectivity index is 2.08. The maximum Gasteiger partial charge on any atom is 0.305 e. The van der Waals surface area contributed by atoms with Gasteiger partial charge in [-0.2, -0.15) is 0 Å². The fraction of sp³-hybridized carbons (Fsp3) is 0.263. The van der Waals surface area contributed by atoms with Gasteiger partial charge in [-0.1, -0.05) is 18.2 Å². The van der Waals surface area contributed by atoms with Crippen LogP contribution in [0.3, 0.4) is 0 Å². The Morgan fingerprint density at radius 2 is 1.92 bits per heavy atom. The number of carboxylic acid groups (broad SMARTS) is 1. The molecule has 0 aromatic heterocycles. The second-order valence-electron chi connectivity index (χ2n) is 5.65. The number of carbonyl (C=O) groups excluding carboxylic acids is 1. The number of hydrogen-bond acceptors (Lipinski definition) is 4. The fourth-order valence-electron chi connectivity index (χ4n) is 2.35. The minimum atomic E-state index is -1.03. The number of nitrogens with one attached hydrogen (secondary N) is 1. The zero-order chi connectivity index (χ0) is 19.1. The number of rotatable bonds is 8. The average molecular weight is 377 g/mol. The second-order valence-corrected chi connectivity index (χ2v) is 6.53. The monoisotopic (exact) mass is 377 g/mol. The van der Waals surface area contributed by atoms with Crippen molar-refractivity contribution in [3.63, 3.8) is 0 Å². The molecule has 2 unspecified atom stereocenters. The van der Waals surface area contributed by atoms with Gasteiger partial charge in [0.05, 0.1) is 12.5 Å². The largest absolute Gasteiger partial charge is 0.481 e. The van der Waals surface area contributed by atoms with E-state index in [0.29, 0.717) is 5.56 Å². The van der Waals surface area contributed by atoms with Crippen LogP contribution in [0.5, 0.6) is 5.75 Å². The molecule has 2 rings (SSSR count). The van der Waals surface area contributed by atoms with E-state index >= 15 is 0 Å². The molecule has 0 heterocycles. The summed E-state index contributed by atoms with van der Waals surface area (Å²) in [6.45, 7) is 1.52. The van der Waals surface area contributed by atoms with E-state index < -0.39 is 29.8 Å². The zero-order valence-corrected chi connectivity index (χ0v) is 15.3. The first kappa shape index (κ1) is 19.8. The molecule has 2 aromatic rings. The van der Waals surface area contributed by atoms with E-state index in [-0.39, 0.29) is 12.2 Å². The number of halogens is 1. The maximum absolute atomic E-state index is 13.2. The Kier molecular flexibility index (Phi) is 7.03. The summed E-state index contributed by atoms with van der Waals surface area (Å²) in [6, 6.07) is 12.1. The van der Waals surface area contributed by atoms with E-state index in [1.807, 2.05) is 18.4 Å². The highest BCUT2D eigenvalue weighted by molar-refractivity contribution is 7.98. The highest BCUT2D eigenvalue weighted by atomic mass is 32.2. The van der Waals surface area contributed by atoms with Gasteiger partial charge < -0.3 is 15.2 Å². The third-order valence-corrected chi connectivity index (χ3v) is 4.44. The minimum Gasteiger partial charge on any atom is -0.481 e. The third kappa shape index (κ3) is 5.77. The standard InChI is InChI=1S/C19H20FNO4S/c1-12(25-15-5-3-4-14(20)10-15)19(24)21-17(11-18(22)23)13-6-8-16(26-2)9-7-13/h3-10,12,17H,11H2,1-2H3,(H,21,24)(H,22,23). The summed E-state index contributed by atoms with van der Waals surface area (Å²) in [5.41, 5.74) is 0.691. The molecule has 2 atom stereocenters. The molecule has 0 aliphatic carbocycles. The summed E-state index contributed by atoms with van der Waals surface area (Å²) < 4.78 is 18.6. The molecule has 2 N–H and O–H groups in total. The van der Waals surface area contributed by atoms with E-state index in [1.165, 1.54) is 25.1 Å². The molecular formula is C19H20FNO4S. The normalized spacial score (nSPS) is 12.9. The summed E-state index contributed by atoms with van der Waals surface area (Å²) in [5.74, 6) is -1.74. The number of benzene rings is 2. The van der Waals surface area contributed by atoms with Crippen molar-refractivity contribution in [3.05, 3.63) is 59.9 Å². The van der Waals surface area contributed by atoms with Gasteiger partial charge in [0.15, 0.2) is 6.10 Å². The van der Waals surface area contributed by atoms with Crippen molar-refractivity contribution in [2.24, 2.45) is 0 Å². The van der Waals surface area contributed by atoms with Crippen molar-refractivity contribution in [1.82, 2.24) is 5.32 Å². The average Bonchev–Trinajstić information content (AvgIpc) is 2.60. The second kappa shape index (κ2) is 9.24. The van der Waals surface area contributed by atoms with Crippen LogP contribution in [-0.4, -0.2) is 29.3 Å². The van der Waals surface area contributed by atoms with Gasteiger partial charge in [-0.05, 0) is 43.0 Å². The van der Waals surface area contributed by atoms with Crippen LogP contribution in [0.4, 0.5) is 4.39 Å². The Labute approximate surface area is 155 Å². The molecule has 0 aliphatic rings. The molecule has 5 nitrogen and oxygen atoms in total. The van der Waals surface area contributed by atoms with Crippen LogP contribution < -0.4 is 10.1 Å². The van der Waals surface area contributed by atoms with E-state index in [9.17, 15) is 14.0 Å². The molecule has 1 amide bonds. The molecule has 0 bridgehead atoms. The van der Waals surface area contributed by atoms with Crippen molar-refractivity contribution < 1.29 is 23.8 Å². The van der Waals surface area contributed by atoms with Crippen LogP contribution in [-0.2, 0) is 9.59 Å². The first-order valence-corrected chi connectivity index (χ1v) is 9.20. The highest BCUT2D eigenvalue weighted by Gasteiger charge is 2.22. The predicted molar refractivity (Wildman–Crippen MR) is 97.8 cm³/mol. The Bertz CT molecular complexity index is 766. The number of carboxylic acids is 1. The molecule has 0 spiro atoms. The number of hydrogen-bond donors (Lipinski definition) is 2. The fourth-order valence-corrected chi connectivity index (χ4v) is 2.76. The lowest BCUT2D eigenvalue weighted by atomic mass is 10.0. The van der Waals surface area contributed by atoms with Gasteiger partial charge >= 0.3 is 5.97 Å². The van der Waals surface area contributed by atoms with Crippen molar-refractivity contribution in [3.8, 4) is 5.75 Å². The van der Waals surface area contributed by atoms with Gasteiger partial charge in [0, 0.05) is 11.0 Å². The van der Waals surface area contributed by atoms with Crippen molar-refractivity contribution in [2.75, 3.05) is 6.26 Å². The summed E-state index contributed by atoms with van der Waals surface area (Å²) in [4.78, 5) is 24.6. The molecule has 0 aliphatic heterocycles. The van der Waals surface area contributed by atoms with E-state index in [4.69, 9.17) is 9.84 Å². The first-order valence-electron chi connectivity index (χ1n) is 7.97. The number of amides is 1. The lowest BCUT2D eigenvalue weighted by Crippen LogP contribution is -2.39. The number of carbonyl (C=O) groups is 2. The first-order chi connectivity index (χ1) is 12.4. The Morgan fingerprint density at radius 1 is 1.23 bits per heavy atom. The summed E-state index contributed by atoms with van der Waals surface area (Å²) in [7, 11) is 0. The molecular weight excluding hydrogens is 357 g/mol. The van der Waals surface area contributed by atoms with Crippen molar-refractivity contribution >= 4 is 23.6 Å². The van der Waals surface area contributed by atoms with Crippen LogP contribution in [0.25, 0.3) is 0 Å². The maximum atomic E-state index is 13.2. The van der Waals surface area contributed by atoms with Gasteiger partial charge in [0.1, 0.15) is 11.6 Å². The van der Waals surface area contributed by atoms with Crippen LogP contribution in [0.1, 0.15) is 24.9 Å². The van der Waals surface area contributed by atoms with Gasteiger partial charge in [0.2, 0.25) is 0 Å². The van der Waals surface area contributed by atoms with Crippen molar-refractivity contribution in [2.45, 2.75) is 30.4 Å². The molecule has 0 radical (unpaired) electrons. The quantitative estimate of drug-likeness (QED) is 0.687. The number of thioether (sulfide) groups is 1. The zero-order valence-electron chi connectivity index (χ0n) is 14.4. The molecule has 0 fully saturated rings. The van der Waals surface area contributed by atoms with Gasteiger partial charge in [-0.15, -0.1) is 11.8 Å². The van der Waals surface area contributed by atoms with E-state index in [1.54, 1.807) is 30.0 Å². The van der Waals surface area contributed by atoms with Crippen LogP contribution in [0.15, 0.2) is 53.4 Å². The molecule has 138 valence electrons. The Hall–Kier alpha value is -2.54.